The van der Waals surface area contributed by atoms with Gasteiger partial charge in [-0.15, -0.1) is 0 Å². The average Bonchev–Trinajstić information content (AvgIpc) is 2.59. The lowest BCUT2D eigenvalue weighted by Gasteiger charge is -2.10. The number of methoxy groups -OCH3 is 1. The number of amides is 2. The molecule has 0 spiro atoms. The minimum atomic E-state index is -0.362. The van der Waals surface area contributed by atoms with E-state index in [4.69, 9.17) is 10.00 Å². The molecule has 0 atom stereocenters. The first-order valence-corrected chi connectivity index (χ1v) is 5.10. The Morgan fingerprint density at radius 1 is 1.29 bits per heavy atom. The van der Waals surface area contributed by atoms with Gasteiger partial charge in [0.05, 0.1) is 30.7 Å². The summed E-state index contributed by atoms with van der Waals surface area (Å²) in [4.78, 5) is 24.9. The summed E-state index contributed by atoms with van der Waals surface area (Å²) in [5.74, 6) is -0.172. The van der Waals surface area contributed by atoms with Gasteiger partial charge in [0.15, 0.2) is 0 Å². The van der Waals surface area contributed by atoms with E-state index in [1.807, 2.05) is 6.07 Å². The summed E-state index contributed by atoms with van der Waals surface area (Å²) in [6.07, 6.45) is 0.141. The van der Waals surface area contributed by atoms with Crippen molar-refractivity contribution in [3.8, 4) is 11.8 Å². The summed E-state index contributed by atoms with van der Waals surface area (Å²) < 4.78 is 5.01. The number of benzene rings is 1. The summed E-state index contributed by atoms with van der Waals surface area (Å²) in [6, 6.07) is 6.66. The molecule has 2 rings (SSSR count). The van der Waals surface area contributed by atoms with Gasteiger partial charge in [-0.2, -0.15) is 5.26 Å². The van der Waals surface area contributed by atoms with Crippen LogP contribution in [-0.4, -0.2) is 30.4 Å². The molecular weight excluding hydrogens is 220 g/mol. The molecule has 1 aromatic carbocycles. The molecule has 2 amide bonds. The molecule has 0 fully saturated rings. The zero-order valence-corrected chi connectivity index (χ0v) is 9.27. The molecule has 17 heavy (non-hydrogen) atoms. The highest BCUT2D eigenvalue weighted by Gasteiger charge is 2.35. The Hall–Kier alpha value is -2.35. The van der Waals surface area contributed by atoms with Gasteiger partial charge >= 0.3 is 0 Å². The van der Waals surface area contributed by atoms with E-state index in [-0.39, 0.29) is 24.8 Å². The summed E-state index contributed by atoms with van der Waals surface area (Å²) in [6.45, 7) is 0.130. The number of fused-ring (bicyclic) bond motifs is 1. The van der Waals surface area contributed by atoms with Crippen molar-refractivity contribution in [2.45, 2.75) is 6.42 Å². The topological polar surface area (TPSA) is 70.4 Å². The molecule has 0 aliphatic carbocycles. The quantitative estimate of drug-likeness (QED) is 0.731. The molecule has 1 aliphatic heterocycles. The zero-order valence-electron chi connectivity index (χ0n) is 9.27. The fourth-order valence-corrected chi connectivity index (χ4v) is 1.76. The first-order chi connectivity index (χ1) is 8.19. The van der Waals surface area contributed by atoms with E-state index in [1.165, 1.54) is 7.11 Å². The van der Waals surface area contributed by atoms with Gasteiger partial charge in [-0.1, -0.05) is 0 Å². The van der Waals surface area contributed by atoms with Gasteiger partial charge in [0.25, 0.3) is 11.8 Å². The van der Waals surface area contributed by atoms with Crippen molar-refractivity contribution >= 4 is 11.8 Å². The van der Waals surface area contributed by atoms with Crippen molar-refractivity contribution in [2.24, 2.45) is 0 Å². The van der Waals surface area contributed by atoms with E-state index in [2.05, 4.69) is 0 Å². The van der Waals surface area contributed by atoms with Crippen molar-refractivity contribution in [2.75, 3.05) is 13.7 Å². The van der Waals surface area contributed by atoms with Crippen molar-refractivity contribution in [3.05, 3.63) is 29.3 Å². The largest absolute Gasteiger partial charge is 0.497 e. The van der Waals surface area contributed by atoms with Crippen LogP contribution < -0.4 is 4.74 Å². The number of carbonyl (C=O) groups excluding carboxylic acids is 2. The normalized spacial score (nSPS) is 13.5. The average molecular weight is 230 g/mol. The molecule has 0 radical (unpaired) electrons. The molecule has 1 aliphatic rings. The minimum Gasteiger partial charge on any atom is -0.497 e. The number of hydrogen-bond acceptors (Lipinski definition) is 4. The summed E-state index contributed by atoms with van der Waals surface area (Å²) in [5.41, 5.74) is 0.709. The Morgan fingerprint density at radius 2 is 2.00 bits per heavy atom. The number of ether oxygens (including phenoxy) is 1. The predicted octanol–water partition coefficient (Wildman–Crippen LogP) is 1.20. The number of nitriles is 1. The van der Waals surface area contributed by atoms with E-state index < -0.39 is 0 Å². The zero-order chi connectivity index (χ0) is 12.4. The van der Waals surface area contributed by atoms with E-state index in [0.717, 1.165) is 4.90 Å². The third-order valence-electron chi connectivity index (χ3n) is 2.63. The van der Waals surface area contributed by atoms with Crippen LogP contribution in [0.2, 0.25) is 0 Å². The molecular formula is C12H10N2O3. The number of imide groups is 1. The third kappa shape index (κ3) is 1.74. The van der Waals surface area contributed by atoms with Crippen molar-refractivity contribution in [1.29, 1.82) is 5.26 Å². The highest BCUT2D eigenvalue weighted by Crippen LogP contribution is 2.26. The second-order valence-corrected chi connectivity index (χ2v) is 3.58. The van der Waals surface area contributed by atoms with E-state index in [1.54, 1.807) is 18.2 Å². The molecule has 5 heteroatoms. The van der Waals surface area contributed by atoms with Gasteiger partial charge in [-0.3, -0.25) is 14.5 Å². The first-order valence-electron chi connectivity index (χ1n) is 5.10. The maximum absolute atomic E-state index is 11.9. The Labute approximate surface area is 98.2 Å². The molecule has 0 bridgehead atoms. The highest BCUT2D eigenvalue weighted by atomic mass is 16.5. The highest BCUT2D eigenvalue weighted by molar-refractivity contribution is 6.21. The van der Waals surface area contributed by atoms with Crippen LogP contribution in [0.25, 0.3) is 0 Å². The Bertz CT molecular complexity index is 531. The second kappa shape index (κ2) is 4.26. The van der Waals surface area contributed by atoms with Crippen LogP contribution in [0, 0.1) is 11.3 Å². The van der Waals surface area contributed by atoms with Gasteiger partial charge in [0, 0.05) is 6.54 Å². The van der Waals surface area contributed by atoms with Crippen LogP contribution >= 0.6 is 0 Å². The molecule has 0 N–H and O–H groups in total. The SMILES string of the molecule is COc1ccc2c(c1)C(=O)N(CCC#N)C2=O. The van der Waals surface area contributed by atoms with Crippen LogP contribution in [0.5, 0.6) is 5.75 Å². The van der Waals surface area contributed by atoms with Crippen LogP contribution in [0.1, 0.15) is 27.1 Å². The standard InChI is InChI=1S/C12H10N2O3/c1-17-8-3-4-9-10(7-8)12(16)14(11(9)15)6-2-5-13/h3-4,7H,2,6H2,1H3. The Morgan fingerprint density at radius 3 is 2.65 bits per heavy atom. The van der Waals surface area contributed by atoms with Crippen LogP contribution in [-0.2, 0) is 0 Å². The van der Waals surface area contributed by atoms with Gasteiger partial charge in [0.1, 0.15) is 5.75 Å². The predicted molar refractivity (Wildman–Crippen MR) is 58.6 cm³/mol. The maximum Gasteiger partial charge on any atom is 0.261 e. The smallest absolute Gasteiger partial charge is 0.261 e. The Kier molecular flexibility index (Phi) is 2.79. The molecule has 0 unspecified atom stereocenters. The summed E-state index contributed by atoms with van der Waals surface area (Å²) >= 11 is 0. The van der Waals surface area contributed by atoms with Crippen LogP contribution in [0.3, 0.4) is 0 Å². The van der Waals surface area contributed by atoms with E-state index >= 15 is 0 Å². The molecule has 0 aromatic heterocycles. The van der Waals surface area contributed by atoms with Crippen molar-refractivity contribution in [3.63, 3.8) is 0 Å². The lowest BCUT2D eigenvalue weighted by Crippen LogP contribution is -2.30. The molecule has 5 nitrogen and oxygen atoms in total. The molecule has 1 heterocycles. The number of rotatable bonds is 3. The van der Waals surface area contributed by atoms with Crippen molar-refractivity contribution < 1.29 is 14.3 Å². The van der Waals surface area contributed by atoms with Gasteiger partial charge in [-0.25, -0.2) is 0 Å². The molecule has 0 saturated carbocycles. The third-order valence-corrected chi connectivity index (χ3v) is 2.63. The number of hydrogen-bond donors (Lipinski definition) is 0. The van der Waals surface area contributed by atoms with Gasteiger partial charge < -0.3 is 4.74 Å². The lowest BCUT2D eigenvalue weighted by atomic mass is 10.1. The molecule has 1 aromatic rings. The number of nitrogens with zero attached hydrogens (tertiary/aromatic N) is 2. The maximum atomic E-state index is 11.9. The van der Waals surface area contributed by atoms with Gasteiger partial charge in [-0.05, 0) is 18.2 Å². The summed E-state index contributed by atoms with van der Waals surface area (Å²) in [7, 11) is 1.50. The van der Waals surface area contributed by atoms with E-state index in [9.17, 15) is 9.59 Å². The van der Waals surface area contributed by atoms with Crippen LogP contribution in [0.4, 0.5) is 0 Å². The fraction of sp³-hybridized carbons (Fsp3) is 0.250. The Balaban J connectivity index is 2.36. The van der Waals surface area contributed by atoms with Crippen LogP contribution in [0.15, 0.2) is 18.2 Å². The van der Waals surface area contributed by atoms with Crippen molar-refractivity contribution in [1.82, 2.24) is 4.90 Å². The van der Waals surface area contributed by atoms with E-state index in [0.29, 0.717) is 16.9 Å². The lowest BCUT2D eigenvalue weighted by molar-refractivity contribution is 0.0657. The second-order valence-electron chi connectivity index (χ2n) is 3.58. The minimum absolute atomic E-state index is 0.130. The molecule has 0 saturated heterocycles. The molecule has 86 valence electrons. The summed E-state index contributed by atoms with van der Waals surface area (Å²) in [5, 5.41) is 8.48. The number of carbonyl (C=O) groups is 2. The first kappa shape index (κ1) is 11.1. The monoisotopic (exact) mass is 230 g/mol. The fourth-order valence-electron chi connectivity index (χ4n) is 1.76. The van der Waals surface area contributed by atoms with Gasteiger partial charge in [0.2, 0.25) is 0 Å².